The normalized spacial score (nSPS) is 31.2. The molecule has 3 fully saturated rings. The van der Waals surface area contributed by atoms with E-state index >= 15 is 0 Å². The number of carbonyl (C=O) groups excluding carboxylic acids is 2. The zero-order valence-electron chi connectivity index (χ0n) is 11.9. The minimum atomic E-state index is -0.716. The SMILES string of the molecule is O=C(C1CCC(F)CC1)N1CCN(C(=O)C2CC2)CC1. The lowest BCUT2D eigenvalue weighted by Crippen LogP contribution is -2.52. The van der Waals surface area contributed by atoms with Crippen LogP contribution in [0.3, 0.4) is 0 Å². The van der Waals surface area contributed by atoms with Crippen LogP contribution >= 0.6 is 0 Å². The Morgan fingerprint density at radius 2 is 1.05 bits per heavy atom. The van der Waals surface area contributed by atoms with Crippen LogP contribution < -0.4 is 0 Å². The van der Waals surface area contributed by atoms with E-state index in [4.69, 9.17) is 0 Å². The molecule has 1 heterocycles. The van der Waals surface area contributed by atoms with Gasteiger partial charge in [-0.3, -0.25) is 9.59 Å². The van der Waals surface area contributed by atoms with Crippen LogP contribution in [0.4, 0.5) is 4.39 Å². The number of nitrogens with zero attached hydrogens (tertiary/aromatic N) is 2. The summed E-state index contributed by atoms with van der Waals surface area (Å²) in [5.41, 5.74) is 0. The third-order valence-electron chi connectivity index (χ3n) is 4.84. The van der Waals surface area contributed by atoms with Crippen molar-refractivity contribution in [3.63, 3.8) is 0 Å². The van der Waals surface area contributed by atoms with Gasteiger partial charge in [-0.15, -0.1) is 0 Å². The van der Waals surface area contributed by atoms with Gasteiger partial charge in [0.1, 0.15) is 6.17 Å². The molecule has 20 heavy (non-hydrogen) atoms. The molecule has 1 saturated heterocycles. The highest BCUT2D eigenvalue weighted by Gasteiger charge is 2.36. The predicted octanol–water partition coefficient (Wildman–Crippen LogP) is 1.60. The molecule has 3 rings (SSSR count). The second-order valence-corrected chi connectivity index (χ2v) is 6.37. The Labute approximate surface area is 119 Å². The summed E-state index contributed by atoms with van der Waals surface area (Å²) in [5.74, 6) is 0.718. The van der Waals surface area contributed by atoms with Crippen LogP contribution in [0.1, 0.15) is 38.5 Å². The zero-order chi connectivity index (χ0) is 14.1. The summed E-state index contributed by atoms with van der Waals surface area (Å²) in [5, 5.41) is 0. The van der Waals surface area contributed by atoms with Gasteiger partial charge in [0.25, 0.3) is 0 Å². The van der Waals surface area contributed by atoms with Gasteiger partial charge in [-0.05, 0) is 38.5 Å². The number of amides is 2. The number of hydrogen-bond acceptors (Lipinski definition) is 2. The average Bonchev–Trinajstić information content (AvgIpc) is 3.31. The van der Waals surface area contributed by atoms with Crippen LogP contribution in [-0.4, -0.2) is 54.0 Å². The van der Waals surface area contributed by atoms with E-state index in [1.165, 1.54) is 0 Å². The summed E-state index contributed by atoms with van der Waals surface area (Å²) in [4.78, 5) is 28.1. The molecule has 0 bridgehead atoms. The van der Waals surface area contributed by atoms with Crippen LogP contribution in [-0.2, 0) is 9.59 Å². The van der Waals surface area contributed by atoms with Crippen molar-refractivity contribution in [3.05, 3.63) is 0 Å². The highest BCUT2D eigenvalue weighted by atomic mass is 19.1. The Balaban J connectivity index is 1.47. The van der Waals surface area contributed by atoms with Crippen molar-refractivity contribution in [2.45, 2.75) is 44.7 Å². The first-order valence-electron chi connectivity index (χ1n) is 7.87. The van der Waals surface area contributed by atoms with Gasteiger partial charge in [-0.2, -0.15) is 0 Å². The van der Waals surface area contributed by atoms with E-state index in [0.717, 1.165) is 12.8 Å². The number of carbonyl (C=O) groups is 2. The molecule has 1 aliphatic heterocycles. The van der Waals surface area contributed by atoms with Gasteiger partial charge < -0.3 is 9.80 Å². The fraction of sp³-hybridized carbons (Fsp3) is 0.867. The quantitative estimate of drug-likeness (QED) is 0.772. The Morgan fingerprint density at radius 3 is 1.40 bits per heavy atom. The fourth-order valence-corrected chi connectivity index (χ4v) is 3.29. The zero-order valence-corrected chi connectivity index (χ0v) is 11.9. The molecule has 0 N–H and O–H groups in total. The maximum Gasteiger partial charge on any atom is 0.225 e. The second-order valence-electron chi connectivity index (χ2n) is 6.37. The summed E-state index contributed by atoms with van der Waals surface area (Å²) in [6.45, 7) is 2.62. The van der Waals surface area contributed by atoms with Crippen molar-refractivity contribution in [2.24, 2.45) is 11.8 Å². The van der Waals surface area contributed by atoms with Crippen LogP contribution in [0.5, 0.6) is 0 Å². The van der Waals surface area contributed by atoms with E-state index < -0.39 is 6.17 Å². The summed E-state index contributed by atoms with van der Waals surface area (Å²) >= 11 is 0. The van der Waals surface area contributed by atoms with E-state index in [1.54, 1.807) is 0 Å². The van der Waals surface area contributed by atoms with E-state index in [-0.39, 0.29) is 23.7 Å². The van der Waals surface area contributed by atoms with Crippen LogP contribution in [0.2, 0.25) is 0 Å². The molecule has 0 aromatic carbocycles. The number of rotatable bonds is 2. The lowest BCUT2D eigenvalue weighted by Gasteiger charge is -2.37. The van der Waals surface area contributed by atoms with Gasteiger partial charge >= 0.3 is 0 Å². The lowest BCUT2D eigenvalue weighted by molar-refractivity contribution is -0.143. The molecule has 112 valence electrons. The van der Waals surface area contributed by atoms with Crippen molar-refractivity contribution in [1.29, 1.82) is 0 Å². The van der Waals surface area contributed by atoms with Gasteiger partial charge in [0.05, 0.1) is 0 Å². The highest BCUT2D eigenvalue weighted by molar-refractivity contribution is 5.82. The van der Waals surface area contributed by atoms with Gasteiger partial charge in [-0.25, -0.2) is 4.39 Å². The van der Waals surface area contributed by atoms with Crippen molar-refractivity contribution < 1.29 is 14.0 Å². The Morgan fingerprint density at radius 1 is 0.700 bits per heavy atom. The number of alkyl halides is 1. The van der Waals surface area contributed by atoms with Crippen molar-refractivity contribution in [1.82, 2.24) is 9.80 Å². The monoisotopic (exact) mass is 282 g/mol. The Kier molecular flexibility index (Phi) is 3.94. The van der Waals surface area contributed by atoms with Gasteiger partial charge in [-0.1, -0.05) is 0 Å². The Bertz CT molecular complexity index is 381. The van der Waals surface area contributed by atoms with Crippen molar-refractivity contribution in [3.8, 4) is 0 Å². The number of halogens is 1. The summed E-state index contributed by atoms with van der Waals surface area (Å²) in [7, 11) is 0. The predicted molar refractivity (Wildman–Crippen MR) is 72.7 cm³/mol. The second kappa shape index (κ2) is 5.70. The molecule has 0 aromatic heterocycles. The topological polar surface area (TPSA) is 40.6 Å². The summed E-state index contributed by atoms with van der Waals surface area (Å²) < 4.78 is 13.1. The Hall–Kier alpha value is -1.13. The molecule has 2 saturated carbocycles. The van der Waals surface area contributed by atoms with Crippen molar-refractivity contribution >= 4 is 11.8 Å². The van der Waals surface area contributed by atoms with E-state index in [2.05, 4.69) is 0 Å². The fourth-order valence-electron chi connectivity index (χ4n) is 3.29. The molecule has 4 nitrogen and oxygen atoms in total. The number of hydrogen-bond donors (Lipinski definition) is 0. The van der Waals surface area contributed by atoms with Gasteiger partial charge in [0, 0.05) is 38.0 Å². The smallest absolute Gasteiger partial charge is 0.225 e. The molecule has 2 aliphatic carbocycles. The standard InChI is InChI=1S/C15H23FN2O2/c16-13-5-3-12(4-6-13)15(20)18-9-7-17(8-10-18)14(19)11-1-2-11/h11-13H,1-10H2. The highest BCUT2D eigenvalue weighted by Crippen LogP contribution is 2.32. The minimum absolute atomic E-state index is 0.00711. The minimum Gasteiger partial charge on any atom is -0.339 e. The summed E-state index contributed by atoms with van der Waals surface area (Å²) in [6.07, 6.45) is 3.76. The van der Waals surface area contributed by atoms with Gasteiger partial charge in [0.15, 0.2) is 0 Å². The third-order valence-corrected chi connectivity index (χ3v) is 4.84. The molecule has 0 unspecified atom stereocenters. The molecule has 0 atom stereocenters. The van der Waals surface area contributed by atoms with E-state index in [0.29, 0.717) is 51.9 Å². The summed E-state index contributed by atoms with van der Waals surface area (Å²) in [6, 6.07) is 0. The van der Waals surface area contributed by atoms with E-state index in [9.17, 15) is 14.0 Å². The molecular formula is C15H23FN2O2. The first-order chi connectivity index (χ1) is 9.65. The lowest BCUT2D eigenvalue weighted by atomic mass is 9.87. The molecular weight excluding hydrogens is 259 g/mol. The maximum absolute atomic E-state index is 13.1. The van der Waals surface area contributed by atoms with E-state index in [1.807, 2.05) is 9.80 Å². The molecule has 0 aromatic rings. The van der Waals surface area contributed by atoms with Gasteiger partial charge in [0.2, 0.25) is 11.8 Å². The van der Waals surface area contributed by atoms with Crippen LogP contribution in [0, 0.1) is 11.8 Å². The molecule has 2 amide bonds. The largest absolute Gasteiger partial charge is 0.339 e. The molecule has 0 spiro atoms. The third kappa shape index (κ3) is 2.96. The van der Waals surface area contributed by atoms with Crippen molar-refractivity contribution in [2.75, 3.05) is 26.2 Å². The molecule has 5 heteroatoms. The molecule has 0 radical (unpaired) electrons. The van der Waals surface area contributed by atoms with Crippen LogP contribution in [0.25, 0.3) is 0 Å². The first-order valence-corrected chi connectivity index (χ1v) is 7.87. The maximum atomic E-state index is 13.1. The van der Waals surface area contributed by atoms with Crippen LogP contribution in [0.15, 0.2) is 0 Å². The number of piperazine rings is 1. The average molecular weight is 282 g/mol. The first kappa shape index (κ1) is 13.8. The molecule has 3 aliphatic rings.